The summed E-state index contributed by atoms with van der Waals surface area (Å²) in [5, 5.41) is 6.69. The smallest absolute Gasteiger partial charge is 0.243 e. The number of amides is 1. The molecule has 1 aromatic heterocycles. The lowest BCUT2D eigenvalue weighted by molar-refractivity contribution is -0.127. The number of carbonyl (C=O) groups excluding carboxylic acids is 1. The van der Waals surface area contributed by atoms with Crippen LogP contribution in [0.15, 0.2) is 29.3 Å². The second kappa shape index (κ2) is 9.94. The molecule has 0 fully saturated rings. The predicted molar refractivity (Wildman–Crippen MR) is 111 cm³/mol. The molecular formula is C20H32N6O. The Hall–Kier alpha value is -2.57. The molecule has 7 nitrogen and oxygen atoms in total. The summed E-state index contributed by atoms with van der Waals surface area (Å²) < 4.78 is 2.24. The van der Waals surface area contributed by atoms with Crippen LogP contribution in [0.1, 0.15) is 32.5 Å². The van der Waals surface area contributed by atoms with Crippen LogP contribution < -0.4 is 10.6 Å². The molecule has 0 aliphatic carbocycles. The van der Waals surface area contributed by atoms with E-state index in [0.29, 0.717) is 12.0 Å². The SMILES string of the molecule is CCC(C)NC(=NCC(=O)N(C)C)NCCCn1c(C)nc2ccccc21. The first kappa shape index (κ1) is 20.7. The van der Waals surface area contributed by atoms with Crippen molar-refractivity contribution in [2.45, 2.75) is 46.2 Å². The van der Waals surface area contributed by atoms with Crippen molar-refractivity contribution in [1.82, 2.24) is 25.1 Å². The molecule has 0 radical (unpaired) electrons. The van der Waals surface area contributed by atoms with Gasteiger partial charge in [0.1, 0.15) is 12.4 Å². The van der Waals surface area contributed by atoms with E-state index in [0.717, 1.165) is 37.3 Å². The number of carbonyl (C=O) groups is 1. The molecule has 2 rings (SSSR count). The minimum absolute atomic E-state index is 0.0132. The molecule has 1 aromatic carbocycles. The highest BCUT2D eigenvalue weighted by atomic mass is 16.2. The van der Waals surface area contributed by atoms with Crippen LogP contribution in [0, 0.1) is 6.92 Å². The Morgan fingerprint density at radius 3 is 2.78 bits per heavy atom. The summed E-state index contributed by atoms with van der Waals surface area (Å²) in [6.45, 7) is 8.05. The average Bonchev–Trinajstić information content (AvgIpc) is 2.97. The highest BCUT2D eigenvalue weighted by Gasteiger charge is 2.08. The van der Waals surface area contributed by atoms with Crippen molar-refractivity contribution in [3.05, 3.63) is 30.1 Å². The van der Waals surface area contributed by atoms with Gasteiger partial charge in [0.15, 0.2) is 5.96 Å². The molecule has 1 atom stereocenters. The van der Waals surface area contributed by atoms with Crippen LogP contribution in [0.5, 0.6) is 0 Å². The third-order valence-electron chi connectivity index (χ3n) is 4.56. The van der Waals surface area contributed by atoms with E-state index in [1.807, 2.05) is 25.1 Å². The Kier molecular flexibility index (Phi) is 7.64. The number of guanidine groups is 1. The minimum atomic E-state index is -0.0132. The van der Waals surface area contributed by atoms with Gasteiger partial charge in [0.2, 0.25) is 5.91 Å². The van der Waals surface area contributed by atoms with Gasteiger partial charge in [-0.2, -0.15) is 0 Å². The van der Waals surface area contributed by atoms with Crippen molar-refractivity contribution in [2.75, 3.05) is 27.2 Å². The fraction of sp³-hybridized carbons (Fsp3) is 0.550. The van der Waals surface area contributed by atoms with E-state index in [2.05, 4.69) is 45.1 Å². The van der Waals surface area contributed by atoms with Crippen LogP contribution in [0.4, 0.5) is 0 Å². The van der Waals surface area contributed by atoms with E-state index in [9.17, 15) is 4.79 Å². The molecule has 148 valence electrons. The van der Waals surface area contributed by atoms with Crippen LogP contribution in [0.25, 0.3) is 11.0 Å². The molecule has 1 unspecified atom stereocenters. The Balaban J connectivity index is 1.92. The first-order valence-electron chi connectivity index (χ1n) is 9.59. The number of aliphatic imine (C=N–C) groups is 1. The molecule has 0 aliphatic heterocycles. The Bertz CT molecular complexity index is 780. The predicted octanol–water partition coefficient (Wildman–Crippen LogP) is 2.16. The van der Waals surface area contributed by atoms with Crippen molar-refractivity contribution < 1.29 is 4.79 Å². The zero-order valence-corrected chi connectivity index (χ0v) is 17.1. The van der Waals surface area contributed by atoms with Crippen molar-refractivity contribution >= 4 is 22.9 Å². The van der Waals surface area contributed by atoms with Gasteiger partial charge < -0.3 is 20.1 Å². The molecule has 0 saturated carbocycles. The molecule has 0 saturated heterocycles. The van der Waals surface area contributed by atoms with Gasteiger partial charge in [-0.25, -0.2) is 9.98 Å². The fourth-order valence-electron chi connectivity index (χ4n) is 2.70. The van der Waals surface area contributed by atoms with Crippen LogP contribution in [0.2, 0.25) is 0 Å². The third kappa shape index (κ3) is 5.98. The zero-order valence-electron chi connectivity index (χ0n) is 17.1. The Morgan fingerprint density at radius 1 is 1.33 bits per heavy atom. The molecule has 0 spiro atoms. The number of para-hydroxylation sites is 2. The molecule has 1 heterocycles. The maximum atomic E-state index is 11.8. The van der Waals surface area contributed by atoms with Gasteiger partial charge in [0.25, 0.3) is 0 Å². The highest BCUT2D eigenvalue weighted by Crippen LogP contribution is 2.15. The van der Waals surface area contributed by atoms with Gasteiger partial charge in [-0.15, -0.1) is 0 Å². The summed E-state index contributed by atoms with van der Waals surface area (Å²) in [4.78, 5) is 22.4. The number of imidazole rings is 1. The summed E-state index contributed by atoms with van der Waals surface area (Å²) in [5.41, 5.74) is 2.20. The first-order chi connectivity index (χ1) is 12.9. The van der Waals surface area contributed by atoms with Crippen molar-refractivity contribution in [3.63, 3.8) is 0 Å². The molecule has 7 heteroatoms. The molecule has 0 aliphatic rings. The van der Waals surface area contributed by atoms with Gasteiger partial charge >= 0.3 is 0 Å². The number of hydrogen-bond donors (Lipinski definition) is 2. The monoisotopic (exact) mass is 372 g/mol. The summed E-state index contributed by atoms with van der Waals surface area (Å²) in [5.74, 6) is 1.70. The normalized spacial score (nSPS) is 12.9. The standard InChI is InChI=1S/C20H32N6O/c1-6-15(2)23-20(22-14-19(27)25(4)5)21-12-9-13-26-16(3)24-17-10-7-8-11-18(17)26/h7-8,10-11,15H,6,9,12-14H2,1-5H3,(H2,21,22,23). The fourth-order valence-corrected chi connectivity index (χ4v) is 2.70. The molecule has 27 heavy (non-hydrogen) atoms. The van der Waals surface area contributed by atoms with Gasteiger partial charge in [0.05, 0.1) is 11.0 Å². The second-order valence-corrected chi connectivity index (χ2v) is 6.99. The summed E-state index contributed by atoms with van der Waals surface area (Å²) >= 11 is 0. The van der Waals surface area contributed by atoms with Crippen molar-refractivity contribution in [3.8, 4) is 0 Å². The quantitative estimate of drug-likeness (QED) is 0.423. The number of benzene rings is 1. The lowest BCUT2D eigenvalue weighted by atomic mass is 10.3. The lowest BCUT2D eigenvalue weighted by Crippen LogP contribution is -2.43. The molecule has 2 aromatic rings. The number of hydrogen-bond acceptors (Lipinski definition) is 3. The number of aryl methyl sites for hydroxylation is 2. The third-order valence-corrected chi connectivity index (χ3v) is 4.56. The van der Waals surface area contributed by atoms with Crippen molar-refractivity contribution in [2.24, 2.45) is 4.99 Å². The summed E-state index contributed by atoms with van der Waals surface area (Å²) in [6, 6.07) is 8.50. The number of nitrogens with one attached hydrogen (secondary N) is 2. The van der Waals surface area contributed by atoms with Gasteiger partial charge in [0, 0.05) is 33.2 Å². The Labute approximate surface area is 161 Å². The van der Waals surface area contributed by atoms with E-state index in [4.69, 9.17) is 0 Å². The first-order valence-corrected chi connectivity index (χ1v) is 9.59. The topological polar surface area (TPSA) is 74.6 Å². The van der Waals surface area contributed by atoms with E-state index < -0.39 is 0 Å². The van der Waals surface area contributed by atoms with E-state index in [1.165, 1.54) is 5.52 Å². The largest absolute Gasteiger partial charge is 0.356 e. The number of nitrogens with zero attached hydrogens (tertiary/aromatic N) is 4. The molecule has 0 bridgehead atoms. The number of aromatic nitrogens is 2. The molecular weight excluding hydrogens is 340 g/mol. The number of fused-ring (bicyclic) bond motifs is 1. The maximum absolute atomic E-state index is 11.8. The van der Waals surface area contributed by atoms with Crippen molar-refractivity contribution in [1.29, 1.82) is 0 Å². The average molecular weight is 373 g/mol. The van der Waals surface area contributed by atoms with Crippen LogP contribution in [-0.4, -0.2) is 59.5 Å². The van der Waals surface area contributed by atoms with Crippen LogP contribution in [-0.2, 0) is 11.3 Å². The van der Waals surface area contributed by atoms with E-state index in [-0.39, 0.29) is 12.5 Å². The molecule has 2 N–H and O–H groups in total. The Morgan fingerprint density at radius 2 is 2.07 bits per heavy atom. The van der Waals surface area contributed by atoms with Gasteiger partial charge in [-0.1, -0.05) is 19.1 Å². The van der Waals surface area contributed by atoms with Crippen LogP contribution >= 0.6 is 0 Å². The lowest BCUT2D eigenvalue weighted by Gasteiger charge is -2.18. The summed E-state index contributed by atoms with van der Waals surface area (Å²) in [6.07, 6.45) is 1.92. The maximum Gasteiger partial charge on any atom is 0.243 e. The number of likely N-dealkylation sites (N-methyl/N-ethyl adjacent to an activating group) is 1. The van der Waals surface area contributed by atoms with Crippen LogP contribution in [0.3, 0.4) is 0 Å². The number of rotatable bonds is 8. The van der Waals surface area contributed by atoms with Gasteiger partial charge in [-0.05, 0) is 38.8 Å². The van der Waals surface area contributed by atoms with E-state index >= 15 is 0 Å². The molecule has 1 amide bonds. The van der Waals surface area contributed by atoms with Gasteiger partial charge in [-0.3, -0.25) is 4.79 Å². The van der Waals surface area contributed by atoms with E-state index in [1.54, 1.807) is 19.0 Å². The second-order valence-electron chi connectivity index (χ2n) is 6.99. The zero-order chi connectivity index (χ0) is 19.8. The minimum Gasteiger partial charge on any atom is -0.356 e. The highest BCUT2D eigenvalue weighted by molar-refractivity contribution is 5.84. The summed E-state index contributed by atoms with van der Waals surface area (Å²) in [7, 11) is 3.48.